The van der Waals surface area contributed by atoms with E-state index >= 15 is 0 Å². The number of fused-ring (bicyclic) bond motifs is 1. The standard InChI is InChI=1S/C28H31ClN4O2S2/c1-21(2)33(37(34,35)24-13-11-23(29)12-14-24)26-9-5-3-7-22(26)15-16-31-17-19-32(20-18-31)28-25-8-4-6-10-27(25)36-30-28/h3-14,21H,15-20H2,1-2H3. The molecule has 0 atom stereocenters. The maximum absolute atomic E-state index is 13.6. The number of anilines is 2. The molecule has 1 saturated heterocycles. The summed E-state index contributed by atoms with van der Waals surface area (Å²) in [6, 6.07) is 22.4. The Hall–Kier alpha value is -2.65. The second kappa shape index (κ2) is 11.0. The van der Waals surface area contributed by atoms with E-state index < -0.39 is 10.0 Å². The predicted octanol–water partition coefficient (Wildman–Crippen LogP) is 5.92. The van der Waals surface area contributed by atoms with Crippen molar-refractivity contribution >= 4 is 54.7 Å². The van der Waals surface area contributed by atoms with Crippen molar-refractivity contribution in [3.63, 3.8) is 0 Å². The van der Waals surface area contributed by atoms with Crippen molar-refractivity contribution < 1.29 is 8.42 Å². The van der Waals surface area contributed by atoms with Crippen LogP contribution in [0.2, 0.25) is 5.02 Å². The highest BCUT2D eigenvalue weighted by atomic mass is 35.5. The molecule has 0 N–H and O–H groups in total. The number of rotatable bonds is 8. The lowest BCUT2D eigenvalue weighted by atomic mass is 10.1. The molecule has 0 saturated carbocycles. The van der Waals surface area contributed by atoms with Crippen molar-refractivity contribution in [3.05, 3.63) is 83.4 Å². The van der Waals surface area contributed by atoms with E-state index in [1.165, 1.54) is 14.4 Å². The van der Waals surface area contributed by atoms with Crippen molar-refractivity contribution in [1.82, 2.24) is 9.27 Å². The summed E-state index contributed by atoms with van der Waals surface area (Å²) in [4.78, 5) is 5.07. The van der Waals surface area contributed by atoms with Crippen LogP contribution in [0.1, 0.15) is 19.4 Å². The summed E-state index contributed by atoms with van der Waals surface area (Å²) in [5, 5.41) is 1.74. The van der Waals surface area contributed by atoms with E-state index in [-0.39, 0.29) is 10.9 Å². The van der Waals surface area contributed by atoms with Crippen molar-refractivity contribution in [2.45, 2.75) is 31.2 Å². The Morgan fingerprint density at radius 2 is 1.62 bits per heavy atom. The molecule has 0 spiro atoms. The van der Waals surface area contributed by atoms with E-state index in [1.807, 2.05) is 38.1 Å². The SMILES string of the molecule is CC(C)N(c1ccccc1CCN1CCN(c2nsc3ccccc23)CC1)S(=O)(=O)c1ccc(Cl)cc1. The molecule has 5 rings (SSSR count). The average Bonchev–Trinajstić information content (AvgIpc) is 3.33. The molecular weight excluding hydrogens is 524 g/mol. The van der Waals surface area contributed by atoms with Gasteiger partial charge in [0.25, 0.3) is 10.0 Å². The molecule has 37 heavy (non-hydrogen) atoms. The molecule has 4 aromatic rings. The van der Waals surface area contributed by atoms with Crippen LogP contribution < -0.4 is 9.21 Å². The van der Waals surface area contributed by atoms with Gasteiger partial charge >= 0.3 is 0 Å². The van der Waals surface area contributed by atoms with Gasteiger partial charge in [-0.2, -0.15) is 4.37 Å². The number of aromatic nitrogens is 1. The normalized spacial score (nSPS) is 15.0. The highest BCUT2D eigenvalue weighted by Gasteiger charge is 2.29. The van der Waals surface area contributed by atoms with Crippen molar-refractivity contribution in [1.29, 1.82) is 0 Å². The van der Waals surface area contributed by atoms with Crippen molar-refractivity contribution in [2.75, 3.05) is 41.9 Å². The zero-order valence-electron chi connectivity index (χ0n) is 21.0. The van der Waals surface area contributed by atoms with Crippen LogP contribution in [0.5, 0.6) is 0 Å². The van der Waals surface area contributed by atoms with Crippen LogP contribution in [0.4, 0.5) is 11.5 Å². The summed E-state index contributed by atoms with van der Waals surface area (Å²) in [5.41, 5.74) is 1.77. The average molecular weight is 555 g/mol. The second-order valence-electron chi connectivity index (χ2n) is 9.56. The topological polar surface area (TPSA) is 56.8 Å². The van der Waals surface area contributed by atoms with Gasteiger partial charge in [0.2, 0.25) is 0 Å². The Bertz CT molecular complexity index is 1460. The summed E-state index contributed by atoms with van der Waals surface area (Å²) in [6.07, 6.45) is 0.773. The highest BCUT2D eigenvalue weighted by Crippen LogP contribution is 2.32. The van der Waals surface area contributed by atoms with Crippen LogP contribution >= 0.6 is 23.1 Å². The molecule has 3 aromatic carbocycles. The Balaban J connectivity index is 1.29. The number of halogens is 1. The van der Waals surface area contributed by atoms with Crippen LogP contribution in [-0.4, -0.2) is 56.5 Å². The summed E-state index contributed by atoms with van der Waals surface area (Å²) in [7, 11) is -3.74. The molecule has 2 heterocycles. The number of benzene rings is 3. The van der Waals surface area contributed by atoms with Gasteiger partial charge in [0, 0.05) is 49.2 Å². The van der Waals surface area contributed by atoms with E-state index in [1.54, 1.807) is 35.8 Å². The van der Waals surface area contributed by atoms with Crippen molar-refractivity contribution in [3.8, 4) is 0 Å². The lowest BCUT2D eigenvalue weighted by Crippen LogP contribution is -2.47. The Kier molecular flexibility index (Phi) is 7.72. The lowest BCUT2D eigenvalue weighted by Gasteiger charge is -2.35. The zero-order chi connectivity index (χ0) is 26.0. The van der Waals surface area contributed by atoms with Gasteiger partial charge in [-0.25, -0.2) is 8.42 Å². The van der Waals surface area contributed by atoms with E-state index in [2.05, 4.69) is 34.1 Å². The first-order valence-electron chi connectivity index (χ1n) is 12.5. The molecule has 0 bridgehead atoms. The minimum absolute atomic E-state index is 0.238. The first-order valence-corrected chi connectivity index (χ1v) is 15.1. The third-order valence-corrected chi connectivity index (χ3v) is 9.87. The van der Waals surface area contributed by atoms with Gasteiger partial charge in [-0.3, -0.25) is 9.21 Å². The third kappa shape index (κ3) is 5.48. The van der Waals surface area contributed by atoms with Gasteiger partial charge in [-0.1, -0.05) is 41.9 Å². The number of para-hydroxylation sites is 1. The van der Waals surface area contributed by atoms with Gasteiger partial charge < -0.3 is 4.90 Å². The van der Waals surface area contributed by atoms with E-state index in [0.29, 0.717) is 5.02 Å². The summed E-state index contributed by atoms with van der Waals surface area (Å²) < 4.78 is 34.8. The molecule has 0 radical (unpaired) electrons. The smallest absolute Gasteiger partial charge is 0.264 e. The molecule has 1 aromatic heterocycles. The van der Waals surface area contributed by atoms with Crippen LogP contribution in [0, 0.1) is 0 Å². The quantitative estimate of drug-likeness (QED) is 0.271. The highest BCUT2D eigenvalue weighted by molar-refractivity contribution is 7.92. The van der Waals surface area contributed by atoms with Crippen LogP contribution in [-0.2, 0) is 16.4 Å². The maximum atomic E-state index is 13.6. The van der Waals surface area contributed by atoms with Gasteiger partial charge in [0.05, 0.1) is 15.3 Å². The van der Waals surface area contributed by atoms with E-state index in [9.17, 15) is 8.42 Å². The van der Waals surface area contributed by atoms with Crippen LogP contribution in [0.15, 0.2) is 77.7 Å². The summed E-state index contributed by atoms with van der Waals surface area (Å²) in [5.74, 6) is 1.09. The molecule has 0 unspecified atom stereocenters. The first kappa shape index (κ1) is 26.0. The number of piperazine rings is 1. The molecule has 1 aliphatic rings. The van der Waals surface area contributed by atoms with Gasteiger partial charge in [-0.05, 0) is 79.8 Å². The Labute approximate surface area is 228 Å². The molecular formula is C28H31ClN4O2S2. The van der Waals surface area contributed by atoms with Crippen LogP contribution in [0.3, 0.4) is 0 Å². The number of hydrogen-bond donors (Lipinski definition) is 0. The molecule has 0 aliphatic carbocycles. The molecule has 6 nitrogen and oxygen atoms in total. The molecule has 1 fully saturated rings. The zero-order valence-corrected chi connectivity index (χ0v) is 23.4. The first-order chi connectivity index (χ1) is 17.8. The Morgan fingerprint density at radius 3 is 2.35 bits per heavy atom. The van der Waals surface area contributed by atoms with E-state index in [4.69, 9.17) is 16.0 Å². The van der Waals surface area contributed by atoms with Gasteiger partial charge in [-0.15, -0.1) is 0 Å². The van der Waals surface area contributed by atoms with Crippen LogP contribution in [0.25, 0.3) is 10.1 Å². The number of nitrogens with zero attached hydrogens (tertiary/aromatic N) is 4. The minimum Gasteiger partial charge on any atom is -0.353 e. The molecule has 194 valence electrons. The fourth-order valence-electron chi connectivity index (χ4n) is 4.91. The molecule has 1 aliphatic heterocycles. The summed E-state index contributed by atoms with van der Waals surface area (Å²) >= 11 is 7.56. The second-order valence-corrected chi connectivity index (χ2v) is 12.6. The van der Waals surface area contributed by atoms with Crippen molar-refractivity contribution in [2.24, 2.45) is 0 Å². The van der Waals surface area contributed by atoms with Gasteiger partial charge in [0.15, 0.2) is 0 Å². The van der Waals surface area contributed by atoms with Gasteiger partial charge in [0.1, 0.15) is 5.82 Å². The fraction of sp³-hybridized carbons (Fsp3) is 0.321. The third-order valence-electron chi connectivity index (χ3n) is 6.80. The minimum atomic E-state index is -3.74. The molecule has 0 amide bonds. The summed E-state index contributed by atoms with van der Waals surface area (Å²) in [6.45, 7) is 8.44. The Morgan fingerprint density at radius 1 is 0.946 bits per heavy atom. The lowest BCUT2D eigenvalue weighted by molar-refractivity contribution is 0.261. The largest absolute Gasteiger partial charge is 0.353 e. The molecule has 9 heteroatoms. The monoisotopic (exact) mass is 554 g/mol. The van der Waals surface area contributed by atoms with E-state index in [0.717, 1.165) is 56.2 Å². The fourth-order valence-corrected chi connectivity index (χ4v) is 7.53. The number of hydrogen-bond acceptors (Lipinski definition) is 6. The predicted molar refractivity (Wildman–Crippen MR) is 155 cm³/mol. The number of sulfonamides is 1. The maximum Gasteiger partial charge on any atom is 0.264 e.